The molecule has 2 heterocycles. The number of carbonyl (C=O) groups is 2. The number of rotatable bonds is 14. The summed E-state index contributed by atoms with van der Waals surface area (Å²) in [6.45, 7) is 7.53. The molecule has 10 rings (SSSR count). The van der Waals surface area contributed by atoms with Crippen LogP contribution < -0.4 is 19.2 Å². The van der Waals surface area contributed by atoms with Crippen molar-refractivity contribution in [3.63, 3.8) is 0 Å². The number of piperazine rings is 2. The van der Waals surface area contributed by atoms with E-state index in [1.807, 2.05) is 29.0 Å². The molecule has 2 aliphatic heterocycles. The molecule has 2 amide bonds. The predicted molar refractivity (Wildman–Crippen MR) is 263 cm³/mol. The van der Waals surface area contributed by atoms with Crippen LogP contribution in [0.15, 0.2) is 60.7 Å². The van der Waals surface area contributed by atoms with E-state index in [9.17, 15) is 35.2 Å². The zero-order valence-electron chi connectivity index (χ0n) is 37.1. The van der Waals surface area contributed by atoms with Crippen LogP contribution in [-0.2, 0) is 33.1 Å². The topological polar surface area (TPSA) is 139 Å². The molecule has 0 radical (unpaired) electrons. The van der Waals surface area contributed by atoms with Gasteiger partial charge in [0.2, 0.25) is 20.0 Å². The van der Waals surface area contributed by atoms with Crippen LogP contribution in [0.4, 0.5) is 20.2 Å². The predicted octanol–water partition coefficient (Wildman–Crippen LogP) is 9.11. The molecular weight excluding hydrogens is 1000 g/mol. The van der Waals surface area contributed by atoms with Gasteiger partial charge in [-0.05, 0) is 146 Å². The van der Waals surface area contributed by atoms with Crippen molar-refractivity contribution in [2.75, 3.05) is 62.2 Å². The van der Waals surface area contributed by atoms with Gasteiger partial charge in [-0.25, -0.2) is 35.1 Å². The third-order valence-corrected chi connectivity index (χ3v) is 18.2. The number of amides is 2. The van der Waals surface area contributed by atoms with Gasteiger partial charge in [-0.15, -0.1) is 0 Å². The Morgan fingerprint density at radius 2 is 0.926 bits per heavy atom. The van der Waals surface area contributed by atoms with E-state index >= 15 is 0 Å². The van der Waals surface area contributed by atoms with Gasteiger partial charge in [0.25, 0.3) is 11.8 Å². The fraction of sp³-hybridized carbons (Fsp3) is 0.458. The number of nitrogens with zero attached hydrogens (tertiary/aromatic N) is 4. The summed E-state index contributed by atoms with van der Waals surface area (Å²) in [6, 6.07) is 17.1. The van der Waals surface area contributed by atoms with Crippen molar-refractivity contribution in [3.8, 4) is 0 Å². The van der Waals surface area contributed by atoms with E-state index in [1.165, 1.54) is 12.1 Å². The molecule has 4 aromatic rings. The Balaban J connectivity index is 0.000000170. The van der Waals surface area contributed by atoms with E-state index in [1.54, 1.807) is 24.3 Å². The van der Waals surface area contributed by atoms with Gasteiger partial charge in [0.1, 0.15) is 11.6 Å². The van der Waals surface area contributed by atoms with Gasteiger partial charge in [0.05, 0.1) is 31.7 Å². The standard InChI is InChI=1S/2C24H26Cl2FN3O3S/c25-21-6-3-17(12-22(21)26)30-9-7-29(8-10-30)14-16-11-23(27)20(13-19(16)15-1-2-15)24(31)28-34(32,33)18-4-5-18;25-17-10-18(26)12-19(11-17)30-7-5-29(6-8-30)14-16-9-23(27)22(13-21(16)15-1-2-15)24(31)28-34(32,33)20-3-4-20/h3,6,11-13,15,18H,1-2,4-5,7-10,14H2,(H,28,31);9-13,15,20H,1-8,14H2,(H,28,31). The molecule has 68 heavy (non-hydrogen) atoms. The van der Waals surface area contributed by atoms with Gasteiger partial charge in [-0.1, -0.05) is 46.4 Å². The van der Waals surface area contributed by atoms with Crippen LogP contribution in [0.1, 0.15) is 106 Å². The molecular formula is C48H52Cl4F2N6O6S2. The molecule has 0 unspecified atom stereocenters. The van der Waals surface area contributed by atoms with Crippen molar-refractivity contribution in [3.05, 3.63) is 126 Å². The number of hydrogen-bond donors (Lipinski definition) is 2. The summed E-state index contributed by atoms with van der Waals surface area (Å²) in [7, 11) is -7.46. The van der Waals surface area contributed by atoms with E-state index in [0.717, 1.165) is 112 Å². The van der Waals surface area contributed by atoms with Crippen LogP contribution in [0.3, 0.4) is 0 Å². The lowest BCUT2D eigenvalue weighted by atomic mass is 9.98. The maximum absolute atomic E-state index is 15.0. The lowest BCUT2D eigenvalue weighted by Gasteiger charge is -2.36. The fourth-order valence-corrected chi connectivity index (χ4v) is 12.3. The minimum atomic E-state index is -3.73. The van der Waals surface area contributed by atoms with E-state index in [-0.39, 0.29) is 17.0 Å². The van der Waals surface area contributed by atoms with E-state index < -0.39 is 54.0 Å². The molecule has 0 aromatic heterocycles. The average Bonchev–Trinajstić information content (AvgIpc) is 4.09. The molecule has 4 aliphatic carbocycles. The van der Waals surface area contributed by atoms with Crippen molar-refractivity contribution in [1.29, 1.82) is 0 Å². The van der Waals surface area contributed by atoms with Crippen LogP contribution >= 0.6 is 46.4 Å². The summed E-state index contributed by atoms with van der Waals surface area (Å²) < 4.78 is 82.6. The number of hydrogen-bond acceptors (Lipinski definition) is 10. The van der Waals surface area contributed by atoms with Crippen LogP contribution in [0.5, 0.6) is 0 Å². The van der Waals surface area contributed by atoms with Crippen molar-refractivity contribution in [1.82, 2.24) is 19.2 Å². The van der Waals surface area contributed by atoms with Gasteiger partial charge >= 0.3 is 0 Å². The maximum Gasteiger partial charge on any atom is 0.267 e. The molecule has 0 atom stereocenters. The summed E-state index contributed by atoms with van der Waals surface area (Å²) in [5.74, 6) is -2.55. The van der Waals surface area contributed by atoms with Crippen molar-refractivity contribution >= 4 is 89.6 Å². The second kappa shape index (κ2) is 20.2. The van der Waals surface area contributed by atoms with E-state index in [4.69, 9.17) is 46.4 Å². The van der Waals surface area contributed by atoms with Gasteiger partial charge in [0, 0.05) is 86.9 Å². The van der Waals surface area contributed by atoms with Gasteiger partial charge < -0.3 is 9.80 Å². The van der Waals surface area contributed by atoms with Crippen LogP contribution in [-0.4, -0.2) is 101 Å². The van der Waals surface area contributed by atoms with Gasteiger partial charge in [-0.2, -0.15) is 0 Å². The third-order valence-electron chi connectivity index (χ3n) is 13.4. The SMILES string of the molecule is O=C(NS(=O)(=O)C1CC1)c1cc(C2CC2)c(CN2CCN(c3cc(Cl)cc(Cl)c3)CC2)cc1F.O=C(NS(=O)(=O)C1CC1)c1cc(C2CC2)c(CN2CCN(c3ccc(Cl)c(Cl)c3)CC2)cc1F. The number of sulfonamides is 2. The highest BCUT2D eigenvalue weighted by Gasteiger charge is 2.39. The number of halogens is 6. The number of nitrogens with one attached hydrogen (secondary N) is 2. The summed E-state index contributed by atoms with van der Waals surface area (Å²) in [5, 5.41) is 1.18. The lowest BCUT2D eigenvalue weighted by Crippen LogP contribution is -2.46. The molecule has 364 valence electrons. The number of carbonyl (C=O) groups excluding carboxylic acids is 2. The molecule has 6 fully saturated rings. The quantitative estimate of drug-likeness (QED) is 0.126. The molecule has 4 aromatic carbocycles. The molecule has 6 aliphatic rings. The Hall–Kier alpha value is -3.74. The van der Waals surface area contributed by atoms with Crippen molar-refractivity contribution < 1.29 is 35.2 Å². The van der Waals surface area contributed by atoms with Crippen LogP contribution in [0, 0.1) is 11.6 Å². The highest BCUT2D eigenvalue weighted by molar-refractivity contribution is 7.91. The zero-order chi connectivity index (χ0) is 48.1. The highest BCUT2D eigenvalue weighted by Crippen LogP contribution is 2.44. The second-order valence-corrected chi connectivity index (χ2v) is 24.3. The van der Waals surface area contributed by atoms with Crippen LogP contribution in [0.2, 0.25) is 20.1 Å². The largest absolute Gasteiger partial charge is 0.369 e. The number of anilines is 2. The van der Waals surface area contributed by atoms with Gasteiger partial charge in [-0.3, -0.25) is 19.4 Å². The Labute approximate surface area is 416 Å². The average molecular weight is 1050 g/mol. The van der Waals surface area contributed by atoms with E-state index in [2.05, 4.69) is 24.3 Å². The molecule has 0 bridgehead atoms. The van der Waals surface area contributed by atoms with E-state index in [0.29, 0.717) is 64.8 Å². The summed E-state index contributed by atoms with van der Waals surface area (Å²) in [6.07, 6.45) is 6.11. The fourth-order valence-electron chi connectivity index (χ4n) is 8.94. The summed E-state index contributed by atoms with van der Waals surface area (Å²) >= 11 is 24.5. The molecule has 4 saturated carbocycles. The summed E-state index contributed by atoms with van der Waals surface area (Å²) in [4.78, 5) is 34.1. The van der Waals surface area contributed by atoms with Crippen LogP contribution in [0.25, 0.3) is 0 Å². The Bertz CT molecular complexity index is 2810. The normalized spacial score (nSPS) is 19.3. The monoisotopic (exact) mass is 1050 g/mol. The molecule has 0 spiro atoms. The first kappa shape index (κ1) is 49.2. The Morgan fingerprint density at radius 3 is 1.31 bits per heavy atom. The second-order valence-electron chi connectivity index (χ2n) is 18.7. The first-order valence-corrected chi connectivity index (χ1v) is 27.6. The maximum atomic E-state index is 15.0. The van der Waals surface area contributed by atoms with Gasteiger partial charge in [0.15, 0.2) is 0 Å². The zero-order valence-corrected chi connectivity index (χ0v) is 41.8. The van der Waals surface area contributed by atoms with Crippen molar-refractivity contribution in [2.45, 2.75) is 86.8 Å². The first-order chi connectivity index (χ1) is 32.4. The number of benzene rings is 4. The minimum absolute atomic E-state index is 0.195. The Morgan fingerprint density at radius 1 is 0.515 bits per heavy atom. The first-order valence-electron chi connectivity index (χ1n) is 23.0. The molecule has 2 saturated heterocycles. The highest BCUT2D eigenvalue weighted by atomic mass is 35.5. The molecule has 2 N–H and O–H groups in total. The third kappa shape index (κ3) is 12.0. The minimum Gasteiger partial charge on any atom is -0.369 e. The molecule has 20 heteroatoms. The smallest absolute Gasteiger partial charge is 0.267 e. The lowest BCUT2D eigenvalue weighted by molar-refractivity contribution is 0.0968. The molecule has 12 nitrogen and oxygen atoms in total. The van der Waals surface area contributed by atoms with Crippen molar-refractivity contribution in [2.24, 2.45) is 0 Å². The summed E-state index contributed by atoms with van der Waals surface area (Å²) in [5.41, 5.74) is 5.23. The Kier molecular flexibility index (Phi) is 14.6.